The van der Waals surface area contributed by atoms with Gasteiger partial charge < -0.3 is 9.80 Å². The molecule has 30 heavy (non-hydrogen) atoms. The average Bonchev–Trinajstić information content (AvgIpc) is 2.76. The van der Waals surface area contributed by atoms with Crippen LogP contribution in [-0.4, -0.2) is 79.5 Å². The number of hydrogen-bond acceptors (Lipinski definition) is 4. The molecule has 4 rings (SSSR count). The van der Waals surface area contributed by atoms with E-state index in [1.54, 1.807) is 6.07 Å². The molecule has 1 amide bonds. The molecule has 160 valence electrons. The lowest BCUT2D eigenvalue weighted by molar-refractivity contribution is -0.134. The van der Waals surface area contributed by atoms with E-state index in [0.29, 0.717) is 13.1 Å². The number of anilines is 1. The van der Waals surface area contributed by atoms with Gasteiger partial charge in [0.05, 0.1) is 6.54 Å². The standard InChI is InChI=1S/C24H31FN4O/c1-20-5-4-7-22(17-20)28-13-9-27(10-14-28)19-24(30)29-15-11-26(12-16-29)18-21-6-2-3-8-23(21)25/h2-8,17H,9-16,18-19H2,1H3. The van der Waals surface area contributed by atoms with Gasteiger partial charge in [0, 0.05) is 70.2 Å². The number of carbonyl (C=O) groups is 1. The second-order valence-corrected chi connectivity index (χ2v) is 8.35. The predicted octanol–water partition coefficient (Wildman–Crippen LogP) is 2.60. The van der Waals surface area contributed by atoms with Gasteiger partial charge in [0.2, 0.25) is 5.91 Å². The smallest absolute Gasteiger partial charge is 0.236 e. The fourth-order valence-corrected chi connectivity index (χ4v) is 4.30. The van der Waals surface area contributed by atoms with Crippen LogP contribution in [0.4, 0.5) is 10.1 Å². The van der Waals surface area contributed by atoms with Crippen molar-refractivity contribution in [3.63, 3.8) is 0 Å². The molecular weight excluding hydrogens is 379 g/mol. The zero-order chi connectivity index (χ0) is 20.9. The van der Waals surface area contributed by atoms with Crippen molar-refractivity contribution in [1.29, 1.82) is 0 Å². The molecule has 0 saturated carbocycles. The topological polar surface area (TPSA) is 30.0 Å². The number of amides is 1. The molecule has 2 aliphatic heterocycles. The summed E-state index contributed by atoms with van der Waals surface area (Å²) in [7, 11) is 0. The summed E-state index contributed by atoms with van der Waals surface area (Å²) in [4.78, 5) is 21.6. The highest BCUT2D eigenvalue weighted by molar-refractivity contribution is 5.78. The van der Waals surface area contributed by atoms with Crippen LogP contribution in [0, 0.1) is 12.7 Å². The van der Waals surface area contributed by atoms with Crippen LogP contribution >= 0.6 is 0 Å². The number of hydrogen-bond donors (Lipinski definition) is 0. The Morgan fingerprint density at radius 2 is 1.57 bits per heavy atom. The fourth-order valence-electron chi connectivity index (χ4n) is 4.30. The van der Waals surface area contributed by atoms with Crippen LogP contribution in [0.2, 0.25) is 0 Å². The number of piperazine rings is 2. The molecule has 2 saturated heterocycles. The molecule has 0 aromatic heterocycles. The van der Waals surface area contributed by atoms with Crippen molar-refractivity contribution in [1.82, 2.24) is 14.7 Å². The van der Waals surface area contributed by atoms with Crippen LogP contribution in [0.1, 0.15) is 11.1 Å². The van der Waals surface area contributed by atoms with Gasteiger partial charge in [-0.1, -0.05) is 30.3 Å². The Bertz CT molecular complexity index is 858. The van der Waals surface area contributed by atoms with E-state index >= 15 is 0 Å². The zero-order valence-corrected chi connectivity index (χ0v) is 17.8. The van der Waals surface area contributed by atoms with E-state index in [9.17, 15) is 9.18 Å². The summed E-state index contributed by atoms with van der Waals surface area (Å²) in [5.41, 5.74) is 3.27. The van der Waals surface area contributed by atoms with Gasteiger partial charge in [-0.05, 0) is 30.7 Å². The van der Waals surface area contributed by atoms with Crippen LogP contribution < -0.4 is 4.90 Å². The van der Waals surface area contributed by atoms with Gasteiger partial charge in [-0.2, -0.15) is 0 Å². The van der Waals surface area contributed by atoms with Crippen LogP contribution in [-0.2, 0) is 11.3 Å². The largest absolute Gasteiger partial charge is 0.369 e. The van der Waals surface area contributed by atoms with Gasteiger partial charge in [-0.25, -0.2) is 4.39 Å². The van der Waals surface area contributed by atoms with Gasteiger partial charge in [0.1, 0.15) is 5.82 Å². The van der Waals surface area contributed by atoms with Crippen molar-refractivity contribution in [2.24, 2.45) is 0 Å². The molecule has 0 bridgehead atoms. The molecule has 0 spiro atoms. The van der Waals surface area contributed by atoms with Gasteiger partial charge in [-0.3, -0.25) is 14.6 Å². The maximum absolute atomic E-state index is 13.9. The van der Waals surface area contributed by atoms with Crippen molar-refractivity contribution in [2.45, 2.75) is 13.5 Å². The maximum Gasteiger partial charge on any atom is 0.236 e. The van der Waals surface area contributed by atoms with E-state index in [0.717, 1.165) is 57.9 Å². The number of carbonyl (C=O) groups excluding carboxylic acids is 1. The normalized spacial score (nSPS) is 18.6. The number of rotatable bonds is 5. The minimum absolute atomic E-state index is 0.152. The number of halogens is 1. The third-order valence-corrected chi connectivity index (χ3v) is 6.17. The third kappa shape index (κ3) is 5.18. The second kappa shape index (κ2) is 9.58. The highest BCUT2D eigenvalue weighted by Gasteiger charge is 2.25. The third-order valence-electron chi connectivity index (χ3n) is 6.17. The van der Waals surface area contributed by atoms with Crippen molar-refractivity contribution in [2.75, 3.05) is 63.8 Å². The summed E-state index contributed by atoms with van der Waals surface area (Å²) in [6.45, 7) is 9.97. The maximum atomic E-state index is 13.9. The van der Waals surface area contributed by atoms with Crippen molar-refractivity contribution < 1.29 is 9.18 Å². The lowest BCUT2D eigenvalue weighted by Crippen LogP contribution is -2.53. The Hall–Kier alpha value is -2.44. The van der Waals surface area contributed by atoms with Crippen LogP contribution in [0.5, 0.6) is 0 Å². The molecule has 0 N–H and O–H groups in total. The molecule has 2 heterocycles. The molecule has 2 fully saturated rings. The molecule has 2 aromatic rings. The molecule has 0 unspecified atom stereocenters. The molecule has 2 aromatic carbocycles. The summed E-state index contributed by atoms with van der Waals surface area (Å²) < 4.78 is 13.9. The van der Waals surface area contributed by atoms with E-state index < -0.39 is 0 Å². The first-order chi connectivity index (χ1) is 14.6. The Kier molecular flexibility index (Phi) is 6.65. The number of benzene rings is 2. The van der Waals surface area contributed by atoms with E-state index in [-0.39, 0.29) is 11.7 Å². The molecule has 0 atom stereocenters. The Balaban J connectivity index is 1.20. The summed E-state index contributed by atoms with van der Waals surface area (Å²) in [5, 5.41) is 0. The number of nitrogens with zero attached hydrogens (tertiary/aromatic N) is 4. The van der Waals surface area contributed by atoms with Crippen molar-refractivity contribution in [3.8, 4) is 0 Å². The summed E-state index contributed by atoms with van der Waals surface area (Å²) in [6, 6.07) is 15.5. The summed E-state index contributed by atoms with van der Waals surface area (Å²) in [6.07, 6.45) is 0. The molecule has 2 aliphatic rings. The lowest BCUT2D eigenvalue weighted by atomic mass is 10.2. The second-order valence-electron chi connectivity index (χ2n) is 8.35. The monoisotopic (exact) mass is 410 g/mol. The fraction of sp³-hybridized carbons (Fsp3) is 0.458. The van der Waals surface area contributed by atoms with Gasteiger partial charge in [-0.15, -0.1) is 0 Å². The van der Waals surface area contributed by atoms with Crippen molar-refractivity contribution in [3.05, 3.63) is 65.5 Å². The van der Waals surface area contributed by atoms with Gasteiger partial charge in [0.25, 0.3) is 0 Å². The molecular formula is C24H31FN4O. The first-order valence-corrected chi connectivity index (χ1v) is 10.9. The van der Waals surface area contributed by atoms with Gasteiger partial charge in [0.15, 0.2) is 0 Å². The van der Waals surface area contributed by atoms with E-state index in [1.807, 2.05) is 17.0 Å². The Morgan fingerprint density at radius 1 is 0.867 bits per heavy atom. The lowest BCUT2D eigenvalue weighted by Gasteiger charge is -2.38. The SMILES string of the molecule is Cc1cccc(N2CCN(CC(=O)N3CCN(Cc4ccccc4F)CC3)CC2)c1. The van der Waals surface area contributed by atoms with E-state index in [2.05, 4.69) is 45.9 Å². The van der Waals surface area contributed by atoms with Gasteiger partial charge >= 0.3 is 0 Å². The van der Waals surface area contributed by atoms with E-state index in [1.165, 1.54) is 17.3 Å². The molecule has 6 heteroatoms. The average molecular weight is 411 g/mol. The summed E-state index contributed by atoms with van der Waals surface area (Å²) in [5.74, 6) is 0.0605. The quantitative estimate of drug-likeness (QED) is 0.758. The molecule has 0 radical (unpaired) electrons. The Labute approximate surface area is 178 Å². The first kappa shape index (κ1) is 20.8. The molecule has 0 aliphatic carbocycles. The molecule has 5 nitrogen and oxygen atoms in total. The highest BCUT2D eigenvalue weighted by Crippen LogP contribution is 2.18. The predicted molar refractivity (Wildman–Crippen MR) is 118 cm³/mol. The van der Waals surface area contributed by atoms with E-state index in [4.69, 9.17) is 0 Å². The highest BCUT2D eigenvalue weighted by atomic mass is 19.1. The Morgan fingerprint density at radius 3 is 2.27 bits per heavy atom. The van der Waals surface area contributed by atoms with Crippen LogP contribution in [0.25, 0.3) is 0 Å². The van der Waals surface area contributed by atoms with Crippen molar-refractivity contribution >= 4 is 11.6 Å². The minimum atomic E-state index is -0.152. The first-order valence-electron chi connectivity index (χ1n) is 10.9. The minimum Gasteiger partial charge on any atom is -0.369 e. The number of aryl methyl sites for hydroxylation is 1. The zero-order valence-electron chi connectivity index (χ0n) is 17.8. The summed E-state index contributed by atoms with van der Waals surface area (Å²) >= 11 is 0. The van der Waals surface area contributed by atoms with Crippen LogP contribution in [0.3, 0.4) is 0 Å². The van der Waals surface area contributed by atoms with Crippen LogP contribution in [0.15, 0.2) is 48.5 Å².